The molecule has 0 aromatic carbocycles. The molecule has 148 valence electrons. The van der Waals surface area contributed by atoms with E-state index in [0.717, 1.165) is 6.92 Å². The molecular weight excluding hydrogens is 362 g/mol. The molecule has 0 saturated carbocycles. The zero-order chi connectivity index (χ0) is 35.5. The van der Waals surface area contributed by atoms with Crippen LogP contribution in [0.2, 0.25) is 1.41 Å². The van der Waals surface area contributed by atoms with Crippen molar-refractivity contribution >= 4 is 27.5 Å². The molecule has 0 aliphatic carbocycles. The van der Waals surface area contributed by atoms with Crippen molar-refractivity contribution in [1.82, 2.24) is 14.8 Å². The lowest BCUT2D eigenvalue weighted by molar-refractivity contribution is 0.0946. The van der Waals surface area contributed by atoms with Gasteiger partial charge in [0.25, 0.3) is 11.5 Å². The molecule has 2 aromatic rings. The average molecular weight is 410 g/mol. The van der Waals surface area contributed by atoms with E-state index in [2.05, 4.69) is 0 Å². The molecule has 7 heteroatoms. The summed E-state index contributed by atoms with van der Waals surface area (Å²) in [6.07, 6.45) is -8.27. The van der Waals surface area contributed by atoms with Gasteiger partial charge >= 0.3 is 0 Å². The van der Waals surface area contributed by atoms with E-state index in [9.17, 15) is 14.7 Å². The van der Waals surface area contributed by atoms with Crippen molar-refractivity contribution in [2.45, 2.75) is 45.9 Å². The second-order valence-corrected chi connectivity index (χ2v) is 6.28. The largest absolute Gasteiger partial charge is 0.506 e. The third kappa shape index (κ3) is 4.19. The van der Waals surface area contributed by atoms with Crippen LogP contribution >= 0.6 is 11.3 Å². The number of fused-ring (bicyclic) bond motifs is 1. The van der Waals surface area contributed by atoms with Crippen molar-refractivity contribution < 1.29 is 34.6 Å². The number of rotatable bonds is 6. The number of nitrogens with zero attached hydrogens (tertiary/aromatic N) is 2. The van der Waals surface area contributed by atoms with Gasteiger partial charge in [-0.1, -0.05) is 6.92 Å². The summed E-state index contributed by atoms with van der Waals surface area (Å²) < 4.78 is 147. The van der Waals surface area contributed by atoms with Crippen LogP contribution in [0.3, 0.4) is 0 Å². The van der Waals surface area contributed by atoms with Crippen LogP contribution in [0.25, 0.3) is 10.2 Å². The summed E-state index contributed by atoms with van der Waals surface area (Å²) in [5.41, 5.74) is -2.91. The highest BCUT2D eigenvalue weighted by Crippen LogP contribution is 2.31. The monoisotopic (exact) mass is 409 g/mol. The molecule has 0 bridgehead atoms. The maximum atomic E-state index is 13.5. The second-order valence-electron chi connectivity index (χ2n) is 5.49. The Bertz CT molecular complexity index is 1570. The van der Waals surface area contributed by atoms with Gasteiger partial charge in [-0.3, -0.25) is 14.2 Å². The maximum absolute atomic E-state index is 13.5. The number of carbonyl (C=O) groups is 1. The molecule has 2 aromatic heterocycles. The predicted molar refractivity (Wildman–Crippen MR) is 110 cm³/mol. The summed E-state index contributed by atoms with van der Waals surface area (Å²) in [6, 6.07) is -3.56. The van der Waals surface area contributed by atoms with E-state index in [1.807, 2.05) is 0 Å². The third-order valence-corrected chi connectivity index (χ3v) is 4.31. The highest BCUT2D eigenvalue weighted by Gasteiger charge is 2.23. The Balaban J connectivity index is 2.11. The molecule has 2 N–H and O–H groups in total. The van der Waals surface area contributed by atoms with Crippen molar-refractivity contribution in [1.29, 1.82) is 0 Å². The van der Waals surface area contributed by atoms with Gasteiger partial charge in [0.2, 0.25) is 0 Å². The number of nitrogens with one attached hydrogen (secondary N) is 1. The van der Waals surface area contributed by atoms with E-state index in [1.165, 1.54) is 0 Å². The lowest BCUT2D eigenvalue weighted by Gasteiger charge is -2.30. The lowest BCUT2D eigenvalue weighted by Crippen LogP contribution is -2.37. The molecule has 3 rings (SSSR count). The first kappa shape index (κ1) is 7.19. The topological polar surface area (TPSA) is 74.6 Å². The number of thiophene rings is 1. The van der Waals surface area contributed by atoms with Gasteiger partial charge in [-0.15, -0.1) is 11.3 Å². The number of pyridine rings is 1. The van der Waals surface area contributed by atoms with Crippen LogP contribution in [0.4, 0.5) is 0 Å². The normalized spacial score (nSPS) is 37.9. The fourth-order valence-corrected chi connectivity index (χ4v) is 3.10. The summed E-state index contributed by atoms with van der Waals surface area (Å²) in [5, 5.41) is 9.50. The summed E-state index contributed by atoms with van der Waals surface area (Å²) in [4.78, 5) is 26.0. The molecule has 1 amide bonds. The van der Waals surface area contributed by atoms with Crippen molar-refractivity contribution in [2.75, 3.05) is 26.0 Å². The quantitative estimate of drug-likeness (QED) is 0.768. The zero-order valence-electron chi connectivity index (χ0n) is 32.4. The van der Waals surface area contributed by atoms with Gasteiger partial charge in [0.15, 0.2) is 1.41 Å². The van der Waals surface area contributed by atoms with Gasteiger partial charge in [-0.25, -0.2) is 0 Å². The van der Waals surface area contributed by atoms with Gasteiger partial charge in [0.1, 0.15) is 16.1 Å². The minimum absolute atomic E-state index is 0.133. The summed E-state index contributed by atoms with van der Waals surface area (Å²) in [5.74, 6) is -6.01. The molecule has 0 radical (unpaired) electrons. The van der Waals surface area contributed by atoms with Crippen LogP contribution in [-0.2, 0) is 0 Å². The number of hydrogen-bond donors (Lipinski definition) is 2. The van der Waals surface area contributed by atoms with Crippen LogP contribution in [-0.4, -0.2) is 46.5 Å². The molecule has 3 heterocycles. The number of amides is 1. The van der Waals surface area contributed by atoms with Gasteiger partial charge in [-0.05, 0) is 69.7 Å². The Morgan fingerprint density at radius 1 is 1.70 bits per heavy atom. The summed E-state index contributed by atoms with van der Waals surface area (Å²) >= 11 is 0.373. The summed E-state index contributed by atoms with van der Waals surface area (Å²) in [7, 11) is 0. The maximum Gasteiger partial charge on any atom is 0.268 e. The third-order valence-electron chi connectivity index (χ3n) is 3.53. The number of hydrogen-bond acceptors (Lipinski definition) is 5. The fraction of sp³-hybridized carbons (Fsp3) is 0.600. The predicted octanol–water partition coefficient (Wildman–Crippen LogP) is 3.20. The van der Waals surface area contributed by atoms with Crippen molar-refractivity contribution in [3.05, 3.63) is 27.3 Å². The summed E-state index contributed by atoms with van der Waals surface area (Å²) in [6.45, 7) is -13.7. The Morgan fingerprint density at radius 3 is 3.15 bits per heavy atom. The first-order chi connectivity index (χ1) is 19.8. The zero-order valence-corrected chi connectivity index (χ0v) is 15.2. The van der Waals surface area contributed by atoms with Crippen LogP contribution < -0.4 is 10.9 Å². The fourth-order valence-electron chi connectivity index (χ4n) is 2.29. The van der Waals surface area contributed by atoms with E-state index < -0.39 is 108 Å². The standard InChI is InChI=1S/C20H29N3O3S/c1-13(2)23-19(26)16(17(24)15-7-12-27-20(15)23)18(25)21-8-4-9-22-10-5-14(3)6-11-22/h7,12-14,24H,4-6,8-11H2,1-3H3,(H,21,25)/i1D3,5D2,6D2,7D,9D2,10D2,11D2,12D,13D,14D/hD. The molecule has 6 nitrogen and oxygen atoms in total. The highest BCUT2D eigenvalue weighted by atomic mass is 32.1. The van der Waals surface area contributed by atoms with Crippen LogP contribution in [0.1, 0.15) is 79.5 Å². The molecule has 1 atom stereocenters. The minimum atomic E-state index is -3.68. The van der Waals surface area contributed by atoms with E-state index in [-0.39, 0.29) is 14.8 Å². The Morgan fingerprint density at radius 2 is 2.44 bits per heavy atom. The average Bonchev–Trinajstić information content (AvgIpc) is 3.13. The van der Waals surface area contributed by atoms with Gasteiger partial charge in [-0.2, -0.15) is 0 Å². The molecule has 1 saturated heterocycles. The van der Waals surface area contributed by atoms with Crippen molar-refractivity contribution in [2.24, 2.45) is 5.89 Å². The molecule has 1 aliphatic heterocycles. The van der Waals surface area contributed by atoms with Crippen molar-refractivity contribution in [3.8, 4) is 5.75 Å². The van der Waals surface area contributed by atoms with Crippen LogP contribution in [0, 0.1) is 5.89 Å². The van der Waals surface area contributed by atoms with E-state index in [4.69, 9.17) is 24.7 Å². The van der Waals surface area contributed by atoms with Crippen LogP contribution in [0.5, 0.6) is 5.75 Å². The number of aromatic nitrogens is 1. The van der Waals surface area contributed by atoms with E-state index >= 15 is 0 Å². The van der Waals surface area contributed by atoms with Crippen LogP contribution in [0.15, 0.2) is 16.2 Å². The first-order valence-corrected chi connectivity index (χ1v) is 8.59. The van der Waals surface area contributed by atoms with E-state index in [1.54, 1.807) is 0 Å². The molecule has 1 fully saturated rings. The smallest absolute Gasteiger partial charge is 0.268 e. The number of aromatic hydroxyl groups is 1. The molecule has 0 spiro atoms. The number of carbonyl (C=O) groups excluding carboxylic acids is 1. The Hall–Kier alpha value is -1.86. The van der Waals surface area contributed by atoms with Crippen molar-refractivity contribution in [3.63, 3.8) is 0 Å². The van der Waals surface area contributed by atoms with Gasteiger partial charge in [0.05, 0.1) is 9.50 Å². The molecule has 1 aliphatic rings. The van der Waals surface area contributed by atoms with Gasteiger partial charge < -0.3 is 15.3 Å². The number of likely N-dealkylation sites (tertiary alicyclic amines) is 1. The Labute approximate surface area is 189 Å². The number of piperidine rings is 1. The SMILES string of the molecule is [2H]c1sc2c(c1[2H])c(O)c(C(=O)N([2H])CCC([2H])([2H])N1C([2H])([2H])C([2H])([2H])C([2H])(C)C([2H])([2H])C1([2H])[2H])c(=O)n2C([2H])(C)C([2H])([2H])[2H]. The molecule has 27 heavy (non-hydrogen) atoms. The minimum Gasteiger partial charge on any atom is -0.506 e. The lowest BCUT2D eigenvalue weighted by atomic mass is 9.99. The second kappa shape index (κ2) is 8.44. The highest BCUT2D eigenvalue weighted by molar-refractivity contribution is 7.16. The molecular formula is C20H29N3O3S. The van der Waals surface area contributed by atoms with E-state index in [0.29, 0.717) is 18.3 Å². The van der Waals surface area contributed by atoms with Gasteiger partial charge in [0, 0.05) is 31.8 Å². The molecule has 1 unspecified atom stereocenters. The first-order valence-electron chi connectivity index (χ1n) is 16.7. The Kier molecular flexibility index (Phi) is 2.25.